The molecule has 34 heavy (non-hydrogen) atoms. The summed E-state index contributed by atoms with van der Waals surface area (Å²) >= 11 is 3.37. The Hall–Kier alpha value is -3.39. The van der Waals surface area contributed by atoms with E-state index in [0.717, 1.165) is 46.3 Å². The Morgan fingerprint density at radius 3 is 2.65 bits per heavy atom. The molecule has 0 N–H and O–H groups in total. The molecule has 7 nitrogen and oxygen atoms in total. The second-order valence-electron chi connectivity index (χ2n) is 8.33. The van der Waals surface area contributed by atoms with E-state index in [9.17, 15) is 9.59 Å². The number of ether oxygens (including phenoxy) is 1. The summed E-state index contributed by atoms with van der Waals surface area (Å²) in [5.74, 6) is 0.568. The van der Waals surface area contributed by atoms with E-state index in [1.54, 1.807) is 18.6 Å². The van der Waals surface area contributed by atoms with Crippen molar-refractivity contribution in [3.05, 3.63) is 88.2 Å². The molecule has 2 aromatic heterocycles. The number of benzene rings is 1. The minimum atomic E-state index is -0.465. The number of amides is 1. The number of fused-ring (bicyclic) bond motifs is 1. The summed E-state index contributed by atoms with van der Waals surface area (Å²) in [4.78, 5) is 25.5. The number of nitrogens with zero attached hydrogens (tertiary/aromatic N) is 2. The van der Waals surface area contributed by atoms with Crippen LogP contribution < -0.4 is 0 Å². The maximum Gasteiger partial charge on any atom is 0.310 e. The summed E-state index contributed by atoms with van der Waals surface area (Å²) in [6.45, 7) is -0.382. The highest BCUT2D eigenvalue weighted by Crippen LogP contribution is 2.44. The standard InChI is InChI=1S/C26H23BrN2O5/c27-19-10-8-17(9-11-19)14-24(31)34-16-23(30)29-26(22-7-3-13-33-22)21-6-1-4-18(25(21)28-29)15-20-5-2-12-32-20/h2-3,5,7-13,15,21,26H,1,4,6,14,16H2. The molecule has 2 unspecified atom stereocenters. The van der Waals surface area contributed by atoms with Crippen LogP contribution in [0, 0.1) is 5.92 Å². The summed E-state index contributed by atoms with van der Waals surface area (Å²) in [6.07, 6.45) is 8.01. The third-order valence-corrected chi connectivity index (χ3v) is 6.60. The number of halogens is 1. The van der Waals surface area contributed by atoms with E-state index < -0.39 is 5.97 Å². The number of hydrogen-bond donors (Lipinski definition) is 0. The number of carbonyl (C=O) groups excluding carboxylic acids is 2. The normalized spacial score (nSPS) is 20.8. The van der Waals surface area contributed by atoms with E-state index >= 15 is 0 Å². The van der Waals surface area contributed by atoms with Gasteiger partial charge in [0.2, 0.25) is 0 Å². The first-order chi connectivity index (χ1) is 16.6. The van der Waals surface area contributed by atoms with Gasteiger partial charge in [-0.2, -0.15) is 5.10 Å². The SMILES string of the molecule is O=C(Cc1ccc(Br)cc1)OCC(=O)N1N=C2C(=Cc3ccco3)CCCC2C1c1ccco1. The molecule has 1 aromatic carbocycles. The molecule has 1 aliphatic carbocycles. The van der Waals surface area contributed by atoms with E-state index in [0.29, 0.717) is 5.76 Å². The average molecular weight is 523 g/mol. The van der Waals surface area contributed by atoms with Gasteiger partial charge in [0.15, 0.2) is 6.61 Å². The molecule has 3 heterocycles. The topological polar surface area (TPSA) is 85.3 Å². The number of carbonyl (C=O) groups is 2. The van der Waals surface area contributed by atoms with Crippen LogP contribution in [0.3, 0.4) is 0 Å². The Morgan fingerprint density at radius 1 is 1.12 bits per heavy atom. The summed E-state index contributed by atoms with van der Waals surface area (Å²) in [7, 11) is 0. The molecule has 174 valence electrons. The van der Waals surface area contributed by atoms with Gasteiger partial charge >= 0.3 is 5.97 Å². The Labute approximate surface area is 205 Å². The van der Waals surface area contributed by atoms with Crippen molar-refractivity contribution in [1.29, 1.82) is 0 Å². The van der Waals surface area contributed by atoms with Crippen LogP contribution in [0.15, 0.2) is 85.0 Å². The van der Waals surface area contributed by atoms with Crippen LogP contribution in [-0.2, 0) is 20.7 Å². The average Bonchev–Trinajstić information content (AvgIpc) is 3.60. The minimum Gasteiger partial charge on any atom is -0.467 e. The molecule has 1 saturated carbocycles. The predicted octanol–water partition coefficient (Wildman–Crippen LogP) is 5.54. The lowest BCUT2D eigenvalue weighted by molar-refractivity contribution is -0.152. The van der Waals surface area contributed by atoms with Gasteiger partial charge < -0.3 is 13.6 Å². The summed E-state index contributed by atoms with van der Waals surface area (Å²) < 4.78 is 17.4. The van der Waals surface area contributed by atoms with Gasteiger partial charge in [0, 0.05) is 10.4 Å². The van der Waals surface area contributed by atoms with Gasteiger partial charge in [-0.1, -0.05) is 28.1 Å². The van der Waals surface area contributed by atoms with Gasteiger partial charge in [-0.15, -0.1) is 0 Å². The number of allylic oxidation sites excluding steroid dienone is 1. The Kier molecular flexibility index (Phi) is 6.49. The van der Waals surface area contributed by atoms with Gasteiger partial charge in [-0.05, 0) is 72.9 Å². The smallest absolute Gasteiger partial charge is 0.310 e. The zero-order chi connectivity index (χ0) is 23.5. The number of furan rings is 2. The van der Waals surface area contributed by atoms with Crippen LogP contribution in [0.4, 0.5) is 0 Å². The van der Waals surface area contributed by atoms with Gasteiger partial charge in [0.1, 0.15) is 17.6 Å². The second kappa shape index (κ2) is 9.85. The Morgan fingerprint density at radius 2 is 1.91 bits per heavy atom. The van der Waals surface area contributed by atoms with Crippen molar-refractivity contribution in [2.24, 2.45) is 11.0 Å². The third kappa shape index (κ3) is 4.77. The number of hydrazone groups is 1. The van der Waals surface area contributed by atoms with E-state index in [1.165, 1.54) is 5.01 Å². The minimum absolute atomic E-state index is 0.00327. The molecule has 2 atom stereocenters. The van der Waals surface area contributed by atoms with Gasteiger partial charge in [-0.25, -0.2) is 5.01 Å². The van der Waals surface area contributed by atoms with E-state index in [1.807, 2.05) is 48.5 Å². The zero-order valence-corrected chi connectivity index (χ0v) is 19.9. The Balaban J connectivity index is 1.33. The van der Waals surface area contributed by atoms with Crippen molar-refractivity contribution in [2.75, 3.05) is 6.61 Å². The molecule has 0 spiro atoms. The van der Waals surface area contributed by atoms with Crippen molar-refractivity contribution in [3.63, 3.8) is 0 Å². The quantitative estimate of drug-likeness (QED) is 0.396. The zero-order valence-electron chi connectivity index (χ0n) is 18.4. The molecule has 8 heteroatoms. The first-order valence-corrected chi connectivity index (χ1v) is 12.0. The number of esters is 1. The molecule has 1 fully saturated rings. The van der Waals surface area contributed by atoms with Crippen molar-refractivity contribution in [3.8, 4) is 0 Å². The molecule has 0 radical (unpaired) electrons. The van der Waals surface area contributed by atoms with Crippen molar-refractivity contribution in [1.82, 2.24) is 5.01 Å². The highest BCUT2D eigenvalue weighted by molar-refractivity contribution is 9.10. The second-order valence-corrected chi connectivity index (χ2v) is 9.25. The van der Waals surface area contributed by atoms with Crippen LogP contribution in [0.2, 0.25) is 0 Å². The maximum atomic E-state index is 13.2. The number of rotatable bonds is 6. The molecule has 0 saturated heterocycles. The maximum absolute atomic E-state index is 13.2. The summed E-state index contributed by atoms with van der Waals surface area (Å²) in [5, 5.41) is 6.14. The molecule has 1 amide bonds. The largest absolute Gasteiger partial charge is 0.467 e. The molecule has 5 rings (SSSR count). The van der Waals surface area contributed by atoms with Crippen molar-refractivity contribution < 1.29 is 23.2 Å². The lowest BCUT2D eigenvalue weighted by atomic mass is 9.79. The highest BCUT2D eigenvalue weighted by Gasteiger charge is 2.45. The van der Waals surface area contributed by atoms with Gasteiger partial charge in [0.05, 0.1) is 24.7 Å². The fraction of sp³-hybridized carbons (Fsp3) is 0.269. The lowest BCUT2D eigenvalue weighted by Gasteiger charge is -2.27. The fourth-order valence-electron chi connectivity index (χ4n) is 4.52. The van der Waals surface area contributed by atoms with Crippen molar-refractivity contribution >= 4 is 39.6 Å². The predicted molar refractivity (Wildman–Crippen MR) is 129 cm³/mol. The first-order valence-electron chi connectivity index (χ1n) is 11.2. The van der Waals surface area contributed by atoms with Crippen LogP contribution in [0.5, 0.6) is 0 Å². The number of hydrogen-bond acceptors (Lipinski definition) is 6. The summed E-state index contributed by atoms with van der Waals surface area (Å²) in [6, 6.07) is 14.4. The van der Waals surface area contributed by atoms with Crippen molar-refractivity contribution in [2.45, 2.75) is 31.7 Å². The molecule has 0 bridgehead atoms. The third-order valence-electron chi connectivity index (χ3n) is 6.07. The fourth-order valence-corrected chi connectivity index (χ4v) is 4.78. The molecule has 2 aliphatic rings. The van der Waals surface area contributed by atoms with Crippen LogP contribution in [-0.4, -0.2) is 29.2 Å². The van der Waals surface area contributed by atoms with Crippen LogP contribution >= 0.6 is 15.9 Å². The monoisotopic (exact) mass is 522 g/mol. The van der Waals surface area contributed by atoms with Gasteiger partial charge in [-0.3, -0.25) is 9.59 Å². The lowest BCUT2D eigenvalue weighted by Crippen LogP contribution is -2.34. The van der Waals surface area contributed by atoms with Gasteiger partial charge in [0.25, 0.3) is 5.91 Å². The van der Waals surface area contributed by atoms with Crippen LogP contribution in [0.1, 0.15) is 42.4 Å². The molecular formula is C26H23BrN2O5. The molecule has 3 aromatic rings. The van der Waals surface area contributed by atoms with Crippen LogP contribution in [0.25, 0.3) is 6.08 Å². The molecule has 1 aliphatic heterocycles. The van der Waals surface area contributed by atoms with E-state index in [2.05, 4.69) is 15.9 Å². The Bertz CT molecular complexity index is 1210. The van der Waals surface area contributed by atoms with E-state index in [4.69, 9.17) is 18.7 Å². The first kappa shape index (κ1) is 22.4. The molecular weight excluding hydrogens is 500 g/mol. The summed E-state index contributed by atoms with van der Waals surface area (Å²) in [5.41, 5.74) is 2.72. The van der Waals surface area contributed by atoms with E-state index in [-0.39, 0.29) is 30.9 Å². The highest BCUT2D eigenvalue weighted by atomic mass is 79.9.